The maximum absolute atomic E-state index is 5.03. The molecule has 1 aliphatic rings. The van der Waals surface area contributed by atoms with Gasteiger partial charge in [-0.15, -0.1) is 11.8 Å². The molecule has 27 heavy (non-hydrogen) atoms. The standard InChI is InChI=1S/C24H34N2S/c1-6-7-8-10-13-19(2)25-22-17-16-21(18-23(22)27-24(3,4)5)26-20-14-11-9-12-15-20/h9,11-12,14-19H,6-8,10,13H2,1-5H3. The number of aliphatic imine (C=N–C) groups is 2. The van der Waals surface area contributed by atoms with Gasteiger partial charge in [0.1, 0.15) is 0 Å². The molecule has 0 fully saturated rings. The van der Waals surface area contributed by atoms with E-state index in [1.165, 1.54) is 30.6 Å². The molecular weight excluding hydrogens is 348 g/mol. The minimum absolute atomic E-state index is 0.139. The first-order valence-electron chi connectivity index (χ1n) is 10.2. The number of hydrogen-bond donors (Lipinski definition) is 0. The third kappa shape index (κ3) is 8.30. The van der Waals surface area contributed by atoms with Crippen LogP contribution >= 0.6 is 11.8 Å². The van der Waals surface area contributed by atoms with E-state index in [-0.39, 0.29) is 4.75 Å². The summed E-state index contributed by atoms with van der Waals surface area (Å²) < 4.78 is 0.139. The van der Waals surface area contributed by atoms with E-state index >= 15 is 0 Å². The molecule has 1 atom stereocenters. The zero-order chi connectivity index (χ0) is 19.7. The second kappa shape index (κ2) is 10.7. The van der Waals surface area contributed by atoms with Crippen molar-refractivity contribution in [2.24, 2.45) is 9.98 Å². The van der Waals surface area contributed by atoms with Crippen LogP contribution < -0.4 is 0 Å². The van der Waals surface area contributed by atoms with Crippen molar-refractivity contribution < 1.29 is 0 Å². The maximum Gasteiger partial charge on any atom is 0.0715 e. The van der Waals surface area contributed by atoms with Crippen molar-refractivity contribution in [1.82, 2.24) is 0 Å². The molecule has 3 heteroatoms. The summed E-state index contributed by atoms with van der Waals surface area (Å²) in [6, 6.07) is 10.5. The van der Waals surface area contributed by atoms with E-state index in [4.69, 9.17) is 9.98 Å². The second-order valence-corrected chi connectivity index (χ2v) is 10.0. The average molecular weight is 383 g/mol. The highest BCUT2D eigenvalue weighted by Gasteiger charge is 2.20. The lowest BCUT2D eigenvalue weighted by Crippen LogP contribution is -2.15. The summed E-state index contributed by atoms with van der Waals surface area (Å²) in [5.74, 6) is 0. The molecule has 0 heterocycles. The van der Waals surface area contributed by atoms with E-state index < -0.39 is 0 Å². The fraction of sp³-hybridized carbons (Fsp3) is 0.500. The SMILES string of the molecule is CCCCCCC(C)N=C1C=CC(=Nc2ccccc2)C=C1SC(C)(C)C. The van der Waals surface area contributed by atoms with Crippen molar-refractivity contribution in [3.8, 4) is 0 Å². The Balaban J connectivity index is 2.17. The lowest BCUT2D eigenvalue weighted by atomic mass is 10.1. The first-order valence-corrected chi connectivity index (χ1v) is 11.0. The van der Waals surface area contributed by atoms with Gasteiger partial charge < -0.3 is 0 Å². The molecule has 0 saturated heterocycles. The Labute approximate surface area is 170 Å². The van der Waals surface area contributed by atoms with Crippen molar-refractivity contribution in [3.05, 3.63) is 53.5 Å². The third-order valence-electron chi connectivity index (χ3n) is 4.21. The van der Waals surface area contributed by atoms with Crippen LogP contribution in [0.15, 0.2) is 63.4 Å². The molecule has 0 radical (unpaired) electrons. The summed E-state index contributed by atoms with van der Waals surface area (Å²) in [5, 5.41) is 0. The molecule has 0 N–H and O–H groups in total. The highest BCUT2D eigenvalue weighted by atomic mass is 32.2. The Morgan fingerprint density at radius 3 is 2.41 bits per heavy atom. The lowest BCUT2D eigenvalue weighted by Gasteiger charge is -2.22. The Morgan fingerprint density at radius 2 is 1.74 bits per heavy atom. The fourth-order valence-corrected chi connectivity index (χ4v) is 3.98. The van der Waals surface area contributed by atoms with E-state index in [1.807, 2.05) is 42.1 Å². The van der Waals surface area contributed by atoms with Gasteiger partial charge in [-0.05, 0) is 43.7 Å². The molecule has 0 amide bonds. The largest absolute Gasteiger partial charge is 0.281 e. The summed E-state index contributed by atoms with van der Waals surface area (Å²) in [6.07, 6.45) is 12.8. The van der Waals surface area contributed by atoms with Crippen molar-refractivity contribution >= 4 is 28.9 Å². The molecule has 2 nitrogen and oxygen atoms in total. The van der Waals surface area contributed by atoms with Gasteiger partial charge in [0.05, 0.1) is 17.1 Å². The van der Waals surface area contributed by atoms with Crippen LogP contribution in [0.5, 0.6) is 0 Å². The summed E-state index contributed by atoms with van der Waals surface area (Å²) in [7, 11) is 0. The van der Waals surface area contributed by atoms with Gasteiger partial charge in [0.2, 0.25) is 0 Å². The minimum Gasteiger partial charge on any atom is -0.281 e. The number of allylic oxidation sites excluding steroid dienone is 4. The van der Waals surface area contributed by atoms with Crippen LogP contribution in [0, 0.1) is 0 Å². The molecule has 2 rings (SSSR count). The van der Waals surface area contributed by atoms with Gasteiger partial charge in [0, 0.05) is 15.7 Å². The number of thioether (sulfide) groups is 1. The monoisotopic (exact) mass is 382 g/mol. The number of nitrogens with zero attached hydrogens (tertiary/aromatic N) is 2. The van der Waals surface area contributed by atoms with E-state index in [2.05, 4.69) is 52.8 Å². The molecule has 1 aromatic rings. The van der Waals surface area contributed by atoms with Gasteiger partial charge >= 0.3 is 0 Å². The molecule has 0 aromatic heterocycles. The van der Waals surface area contributed by atoms with Crippen LogP contribution in [-0.4, -0.2) is 22.2 Å². The number of benzene rings is 1. The van der Waals surface area contributed by atoms with E-state index in [1.54, 1.807) is 0 Å². The van der Waals surface area contributed by atoms with Crippen molar-refractivity contribution in [2.75, 3.05) is 0 Å². The van der Waals surface area contributed by atoms with E-state index in [0.717, 1.165) is 23.5 Å². The van der Waals surface area contributed by atoms with Crippen molar-refractivity contribution in [3.63, 3.8) is 0 Å². The summed E-state index contributed by atoms with van der Waals surface area (Å²) in [4.78, 5) is 11.0. The van der Waals surface area contributed by atoms with Crippen LogP contribution in [-0.2, 0) is 0 Å². The van der Waals surface area contributed by atoms with E-state index in [9.17, 15) is 0 Å². The fourth-order valence-electron chi connectivity index (χ4n) is 2.91. The van der Waals surface area contributed by atoms with Gasteiger partial charge in [-0.3, -0.25) is 4.99 Å². The molecule has 0 bridgehead atoms. The van der Waals surface area contributed by atoms with Crippen LogP contribution in [0.3, 0.4) is 0 Å². The van der Waals surface area contributed by atoms with Gasteiger partial charge in [0.25, 0.3) is 0 Å². The Kier molecular flexibility index (Phi) is 8.56. The predicted molar refractivity (Wildman–Crippen MR) is 124 cm³/mol. The van der Waals surface area contributed by atoms with Crippen LogP contribution in [0.2, 0.25) is 0 Å². The van der Waals surface area contributed by atoms with Crippen molar-refractivity contribution in [1.29, 1.82) is 0 Å². The zero-order valence-electron chi connectivity index (χ0n) is 17.5. The Hall–Kier alpha value is -1.61. The molecule has 1 unspecified atom stereocenters. The van der Waals surface area contributed by atoms with Crippen LogP contribution in [0.25, 0.3) is 0 Å². The number of para-hydroxylation sites is 1. The quantitative estimate of drug-likeness (QED) is 0.336. The molecule has 0 saturated carbocycles. The number of unbranched alkanes of at least 4 members (excludes halogenated alkanes) is 3. The minimum atomic E-state index is 0.139. The normalized spacial score (nSPS) is 18.8. The first-order chi connectivity index (χ1) is 12.9. The van der Waals surface area contributed by atoms with Crippen LogP contribution in [0.4, 0.5) is 5.69 Å². The second-order valence-electron chi connectivity index (χ2n) is 8.14. The molecular formula is C24H34N2S. The molecule has 1 aromatic carbocycles. The third-order valence-corrected chi connectivity index (χ3v) is 5.37. The zero-order valence-corrected chi connectivity index (χ0v) is 18.4. The highest BCUT2D eigenvalue weighted by molar-refractivity contribution is 8.05. The summed E-state index contributed by atoms with van der Waals surface area (Å²) in [6.45, 7) is 11.2. The Morgan fingerprint density at radius 1 is 1.00 bits per heavy atom. The summed E-state index contributed by atoms with van der Waals surface area (Å²) in [5.41, 5.74) is 3.07. The maximum atomic E-state index is 5.03. The topological polar surface area (TPSA) is 24.7 Å². The van der Waals surface area contributed by atoms with Crippen molar-refractivity contribution in [2.45, 2.75) is 77.5 Å². The van der Waals surface area contributed by atoms with Gasteiger partial charge in [-0.25, -0.2) is 4.99 Å². The number of hydrogen-bond acceptors (Lipinski definition) is 3. The molecule has 0 aliphatic heterocycles. The summed E-state index contributed by atoms with van der Waals surface area (Å²) >= 11 is 1.87. The van der Waals surface area contributed by atoms with Gasteiger partial charge in [-0.2, -0.15) is 0 Å². The average Bonchev–Trinajstić information content (AvgIpc) is 2.61. The lowest BCUT2D eigenvalue weighted by molar-refractivity contribution is 0.577. The smallest absolute Gasteiger partial charge is 0.0715 e. The first kappa shape index (κ1) is 21.7. The molecule has 0 spiro atoms. The van der Waals surface area contributed by atoms with Crippen LogP contribution in [0.1, 0.15) is 66.7 Å². The molecule has 146 valence electrons. The highest BCUT2D eigenvalue weighted by Crippen LogP contribution is 2.34. The predicted octanol–water partition coefficient (Wildman–Crippen LogP) is 7.54. The Bertz CT molecular complexity index is 706. The van der Waals surface area contributed by atoms with E-state index in [0.29, 0.717) is 6.04 Å². The van der Waals surface area contributed by atoms with Gasteiger partial charge in [-0.1, -0.05) is 71.6 Å². The van der Waals surface area contributed by atoms with Gasteiger partial charge in [0.15, 0.2) is 0 Å². The number of rotatable bonds is 8. The molecule has 1 aliphatic carbocycles.